The molecule has 7 heteroatoms. The Morgan fingerprint density at radius 1 is 1.14 bits per heavy atom. The molecule has 0 unspecified atom stereocenters. The zero-order valence-corrected chi connectivity index (χ0v) is 3.34. The van der Waals surface area contributed by atoms with E-state index in [0.29, 0.717) is 0 Å². The third-order valence-corrected chi connectivity index (χ3v) is 0. The van der Waals surface area contributed by atoms with Gasteiger partial charge in [0.05, 0.1) is 0 Å². The molecule has 42 valence electrons. The first kappa shape index (κ1) is 15.7. The van der Waals surface area contributed by atoms with Gasteiger partial charge in [0, 0.05) is 0 Å². The van der Waals surface area contributed by atoms with Crippen LogP contribution < -0.4 is 0 Å². The van der Waals surface area contributed by atoms with E-state index in [9.17, 15) is 0 Å². The van der Waals surface area contributed by atoms with Crippen molar-refractivity contribution in [2.45, 2.75) is 0 Å². The minimum absolute atomic E-state index is 0. The van der Waals surface area contributed by atoms with Crippen LogP contribution in [0, 0.1) is 0 Å². The molecule has 0 atom stereocenters. The monoisotopic (exact) mass is 142 g/mol. The molecular formula is H4FNaO4S. The fourth-order valence-corrected chi connectivity index (χ4v) is 0. The zero-order valence-electron chi connectivity index (χ0n) is 2.53. The third kappa shape index (κ3) is 245. The van der Waals surface area contributed by atoms with Gasteiger partial charge in [-0.15, -0.1) is 0 Å². The zero-order chi connectivity index (χ0) is 4.50. The average Bonchev–Trinajstić information content (AvgIpc) is 0.722. The van der Waals surface area contributed by atoms with Crippen molar-refractivity contribution >= 4 is 40.0 Å². The molecule has 0 bridgehead atoms. The summed E-state index contributed by atoms with van der Waals surface area (Å²) in [7, 11) is -4.67. The van der Waals surface area contributed by atoms with Crippen LogP contribution in [0.4, 0.5) is 4.70 Å². The molecule has 0 radical (unpaired) electrons. The fraction of sp³-hybridized carbons (Fsp3) is 0. The van der Waals surface area contributed by atoms with Gasteiger partial charge in [-0.2, -0.15) is 8.42 Å². The Balaban J connectivity index is -0.0000000800. The summed E-state index contributed by atoms with van der Waals surface area (Å²) in [5.74, 6) is 0. The van der Waals surface area contributed by atoms with Crippen molar-refractivity contribution in [3.8, 4) is 0 Å². The SMILES string of the molecule is F.O=S(=O)(O)O.[NaH]. The van der Waals surface area contributed by atoms with Crippen molar-refractivity contribution in [3.05, 3.63) is 0 Å². The van der Waals surface area contributed by atoms with Crippen molar-refractivity contribution in [1.29, 1.82) is 0 Å². The summed E-state index contributed by atoms with van der Waals surface area (Å²) in [5, 5.41) is 0. The Hall–Kier alpha value is 0.800. The molecule has 0 spiro atoms. The minimum atomic E-state index is -4.67. The van der Waals surface area contributed by atoms with Crippen LogP contribution in [0.2, 0.25) is 0 Å². The molecule has 0 aliphatic carbocycles. The normalized spacial score (nSPS) is 8.29. The molecule has 0 amide bonds. The molecule has 0 rings (SSSR count). The Kier molecular flexibility index (Phi) is 11.1. The van der Waals surface area contributed by atoms with Crippen molar-refractivity contribution in [1.82, 2.24) is 0 Å². The van der Waals surface area contributed by atoms with Crippen molar-refractivity contribution in [3.63, 3.8) is 0 Å². The maximum atomic E-state index is 8.74. The van der Waals surface area contributed by atoms with E-state index in [1.54, 1.807) is 0 Å². The summed E-state index contributed by atoms with van der Waals surface area (Å²) in [4.78, 5) is 0. The van der Waals surface area contributed by atoms with Gasteiger partial charge in [0.15, 0.2) is 0 Å². The molecule has 0 fully saturated rings. The molecule has 0 saturated heterocycles. The average molecular weight is 142 g/mol. The first-order chi connectivity index (χ1) is 2.00. The summed E-state index contributed by atoms with van der Waals surface area (Å²) in [6.45, 7) is 0. The molecule has 0 aromatic carbocycles. The van der Waals surface area contributed by atoms with E-state index in [1.807, 2.05) is 0 Å². The van der Waals surface area contributed by atoms with E-state index in [1.165, 1.54) is 0 Å². The summed E-state index contributed by atoms with van der Waals surface area (Å²) in [6, 6.07) is 0. The Labute approximate surface area is 62.1 Å². The van der Waals surface area contributed by atoms with E-state index in [2.05, 4.69) is 0 Å². The second-order valence-electron chi connectivity index (χ2n) is 0.448. The van der Waals surface area contributed by atoms with Crippen LogP contribution in [0.15, 0.2) is 0 Å². The van der Waals surface area contributed by atoms with Gasteiger partial charge in [0.25, 0.3) is 0 Å². The molecule has 7 heavy (non-hydrogen) atoms. The first-order valence-corrected chi connectivity index (χ1v) is 2.10. The van der Waals surface area contributed by atoms with Crippen LogP contribution in [0.5, 0.6) is 0 Å². The van der Waals surface area contributed by atoms with Crippen LogP contribution in [0.1, 0.15) is 0 Å². The molecule has 0 aliphatic heterocycles. The summed E-state index contributed by atoms with van der Waals surface area (Å²) >= 11 is 0. The summed E-state index contributed by atoms with van der Waals surface area (Å²) < 4.78 is 31.6. The maximum absolute atomic E-state index is 8.74. The number of hydrogen-bond acceptors (Lipinski definition) is 2. The molecule has 0 aromatic heterocycles. The summed E-state index contributed by atoms with van der Waals surface area (Å²) in [6.07, 6.45) is 0. The van der Waals surface area contributed by atoms with Crippen LogP contribution >= 0.6 is 0 Å². The van der Waals surface area contributed by atoms with Crippen LogP contribution in [-0.4, -0.2) is 47.1 Å². The van der Waals surface area contributed by atoms with Gasteiger partial charge >= 0.3 is 40.0 Å². The van der Waals surface area contributed by atoms with Gasteiger partial charge in [-0.25, -0.2) is 0 Å². The quantitative estimate of drug-likeness (QED) is 0.331. The van der Waals surface area contributed by atoms with Crippen molar-refractivity contribution in [2.75, 3.05) is 0 Å². The van der Waals surface area contributed by atoms with Gasteiger partial charge in [-0.3, -0.25) is 13.8 Å². The number of hydrogen-bond donors (Lipinski definition) is 2. The predicted molar refractivity (Wildman–Crippen MR) is 23.8 cm³/mol. The van der Waals surface area contributed by atoms with Gasteiger partial charge in [0.1, 0.15) is 0 Å². The Morgan fingerprint density at radius 2 is 1.14 bits per heavy atom. The molecule has 0 aromatic rings. The van der Waals surface area contributed by atoms with E-state index in [0.717, 1.165) is 0 Å². The second-order valence-corrected chi connectivity index (χ2v) is 1.34. The van der Waals surface area contributed by atoms with Crippen LogP contribution in [-0.2, 0) is 10.4 Å². The Morgan fingerprint density at radius 3 is 1.14 bits per heavy atom. The number of halogens is 1. The van der Waals surface area contributed by atoms with Crippen molar-refractivity contribution < 1.29 is 22.2 Å². The van der Waals surface area contributed by atoms with Gasteiger partial charge in [-0.05, 0) is 0 Å². The Bertz CT molecular complexity index is 94.9. The molecule has 0 saturated carbocycles. The topological polar surface area (TPSA) is 74.6 Å². The third-order valence-electron chi connectivity index (χ3n) is 0. The first-order valence-electron chi connectivity index (χ1n) is 0.698. The van der Waals surface area contributed by atoms with Crippen LogP contribution in [0.3, 0.4) is 0 Å². The second kappa shape index (κ2) is 4.95. The van der Waals surface area contributed by atoms with Gasteiger partial charge in [0.2, 0.25) is 0 Å². The van der Waals surface area contributed by atoms with E-state index in [-0.39, 0.29) is 34.3 Å². The van der Waals surface area contributed by atoms with Gasteiger partial charge in [-0.1, -0.05) is 0 Å². The van der Waals surface area contributed by atoms with Crippen molar-refractivity contribution in [2.24, 2.45) is 0 Å². The fourth-order valence-electron chi connectivity index (χ4n) is 0. The van der Waals surface area contributed by atoms with Gasteiger partial charge < -0.3 is 0 Å². The summed E-state index contributed by atoms with van der Waals surface area (Å²) in [5.41, 5.74) is 0. The standard InChI is InChI=1S/FH.Na.H2O4S.H/c;;1-5(2,3)4;/h1H;;(H2,1,2,3,4);. The molecular weight excluding hydrogens is 138 g/mol. The molecule has 2 N–H and O–H groups in total. The van der Waals surface area contributed by atoms with E-state index >= 15 is 0 Å². The molecule has 0 heterocycles. The van der Waals surface area contributed by atoms with E-state index < -0.39 is 10.4 Å². The molecule has 0 aliphatic rings. The van der Waals surface area contributed by atoms with E-state index in [4.69, 9.17) is 17.5 Å². The molecule has 4 nitrogen and oxygen atoms in total. The van der Waals surface area contributed by atoms with Crippen LogP contribution in [0.25, 0.3) is 0 Å². The number of rotatable bonds is 0. The predicted octanol–water partition coefficient (Wildman–Crippen LogP) is -1.15.